The summed E-state index contributed by atoms with van der Waals surface area (Å²) in [4.78, 5) is 223. The summed E-state index contributed by atoms with van der Waals surface area (Å²) in [5.41, 5.74) is 32.7. The zero-order valence-corrected chi connectivity index (χ0v) is 50.3. The van der Waals surface area contributed by atoms with E-state index < -0.39 is 218 Å². The topological polar surface area (TPSA) is 704 Å². The number of aliphatic carboxylic acids is 4. The normalized spacial score (nSPS) is 16.1. The predicted molar refractivity (Wildman–Crippen MR) is 312 cm³/mol. The third-order valence-electron chi connectivity index (χ3n) is 13.4. The number of rotatable bonds is 44. The number of aliphatic hydroxyl groups excluding tert-OH is 2. The SMILES string of the molecule is C[C@H](NC(=O)[C@H](CCCN=C(N)N)NC(=O)CNC(=O)[C@H](CC(N)=O)NC(=O)[C@@H]1CCCN1C(=O)[C@H](CCC(=O)O)NC(=O)[C@H](CC(=O)O)NC(=O)[C@H](CCCCN)NC(=O)[C@@H](N)CCC(N)=O)C(=O)N[C@@H](CO)C(=O)N[C@@H](CC(=O)O)C(=O)N[C@H](C(=O)O)[C@@H](C)O. The number of guanidine groups is 1. The maximum Gasteiger partial charge on any atom is 0.328 e. The van der Waals surface area contributed by atoms with E-state index in [0.717, 1.165) is 18.7 Å². The van der Waals surface area contributed by atoms with E-state index >= 15 is 0 Å². The first-order valence-corrected chi connectivity index (χ1v) is 28.6. The number of hydrogen-bond donors (Lipinski definition) is 22. The Kier molecular flexibility index (Phi) is 35.4. The summed E-state index contributed by atoms with van der Waals surface area (Å²) in [6.07, 6.45) is -6.63. The van der Waals surface area contributed by atoms with Gasteiger partial charge < -0.3 is 123 Å². The average molecular weight is 1320 g/mol. The standard InChI is InChI=1S/C51H84N18O23/c1-22(40(81)67-31(21-70)47(88)65-30(19-38(79)80)46(87)68-39(23(2)71)50(91)92)60-43(84)25(8-5-15-58-51(56)57)61-35(74)20-59-42(83)28(17-34(55)73)66-48(89)32-9-6-16-69(32)49(90)27(11-13-36(75)76)63-45(86)29(18-37(77)78)64-44(85)26(7-3-4-14-52)62-41(82)24(53)10-12-33(54)72/h22-32,39,70-71H,3-21,52-53H2,1-2H3,(H2,54,72)(H2,55,73)(H,59,83)(H,60,84)(H,61,74)(H,62,82)(H,63,86)(H,64,85)(H,65,88)(H,66,89)(H,67,81)(H,68,87)(H,75,76)(H,77,78)(H,79,80)(H,91,92)(H4,56,57,58)/t22-,23+,24-,25-,26-,27-,28-,29-,30-,31-,32-,39-/m0/s1. The van der Waals surface area contributed by atoms with Gasteiger partial charge in [0.05, 0.1) is 44.6 Å². The molecule has 28 N–H and O–H groups in total. The molecule has 0 saturated carbocycles. The zero-order valence-electron chi connectivity index (χ0n) is 50.3. The summed E-state index contributed by atoms with van der Waals surface area (Å²) in [7, 11) is 0. The van der Waals surface area contributed by atoms with Crippen LogP contribution in [0.4, 0.5) is 0 Å². The molecule has 0 aromatic carbocycles. The minimum Gasteiger partial charge on any atom is -0.481 e. The van der Waals surface area contributed by atoms with Crippen LogP contribution in [0.15, 0.2) is 4.99 Å². The quantitative estimate of drug-likeness (QED) is 0.0153. The van der Waals surface area contributed by atoms with Gasteiger partial charge in [-0.3, -0.25) is 81.7 Å². The van der Waals surface area contributed by atoms with Crippen LogP contribution in [0.2, 0.25) is 0 Å². The van der Waals surface area contributed by atoms with Crippen molar-refractivity contribution in [1.82, 2.24) is 58.1 Å². The van der Waals surface area contributed by atoms with Crippen LogP contribution >= 0.6 is 0 Å². The Morgan fingerprint density at radius 3 is 1.57 bits per heavy atom. The van der Waals surface area contributed by atoms with Crippen LogP contribution in [-0.4, -0.2) is 248 Å². The molecule has 1 aliphatic heterocycles. The molecule has 0 aromatic rings. The summed E-state index contributed by atoms with van der Waals surface area (Å²) >= 11 is 0. The Bertz CT molecular complexity index is 2710. The third kappa shape index (κ3) is 30.1. The molecule has 0 aromatic heterocycles. The van der Waals surface area contributed by atoms with E-state index in [4.69, 9.17) is 34.4 Å². The van der Waals surface area contributed by atoms with Gasteiger partial charge >= 0.3 is 23.9 Å². The number of hydrogen-bond acceptors (Lipinski definition) is 22. The molecule has 1 heterocycles. The monoisotopic (exact) mass is 1320 g/mol. The van der Waals surface area contributed by atoms with Crippen LogP contribution in [0.1, 0.15) is 104 Å². The highest BCUT2D eigenvalue weighted by atomic mass is 16.4. The predicted octanol–water partition coefficient (Wildman–Crippen LogP) is -11.6. The molecular formula is C51H84N18O23. The van der Waals surface area contributed by atoms with Crippen molar-refractivity contribution in [1.29, 1.82) is 0 Å². The van der Waals surface area contributed by atoms with Gasteiger partial charge in [-0.1, -0.05) is 0 Å². The van der Waals surface area contributed by atoms with Gasteiger partial charge in [0.1, 0.15) is 54.4 Å². The molecule has 0 unspecified atom stereocenters. The number of likely N-dealkylation sites (tertiary alicyclic amines) is 1. The summed E-state index contributed by atoms with van der Waals surface area (Å²) in [5, 5.41) is 79.2. The van der Waals surface area contributed by atoms with Crippen molar-refractivity contribution in [3.05, 3.63) is 0 Å². The first-order chi connectivity index (χ1) is 43.0. The van der Waals surface area contributed by atoms with Crippen molar-refractivity contribution in [2.45, 2.75) is 176 Å². The third-order valence-corrected chi connectivity index (χ3v) is 13.4. The van der Waals surface area contributed by atoms with Crippen LogP contribution in [0.25, 0.3) is 0 Å². The van der Waals surface area contributed by atoms with Gasteiger partial charge in [-0.2, -0.15) is 0 Å². The molecule has 13 amide bonds. The molecule has 516 valence electrons. The number of aliphatic hydroxyl groups is 2. The largest absolute Gasteiger partial charge is 0.481 e. The molecule has 41 nitrogen and oxygen atoms in total. The molecule has 0 aliphatic carbocycles. The number of carboxylic acid groups (broad SMARTS) is 4. The second kappa shape index (κ2) is 40.7. The molecule has 0 bridgehead atoms. The van der Waals surface area contributed by atoms with Crippen molar-refractivity contribution >= 4 is 107 Å². The summed E-state index contributed by atoms with van der Waals surface area (Å²) < 4.78 is 0. The van der Waals surface area contributed by atoms with Crippen molar-refractivity contribution < 1.29 is 112 Å². The number of nitrogens with zero attached hydrogens (tertiary/aromatic N) is 2. The van der Waals surface area contributed by atoms with E-state index in [1.807, 2.05) is 10.6 Å². The number of carbonyl (C=O) groups is 17. The molecule has 41 heteroatoms. The Hall–Kier alpha value is -9.90. The first-order valence-electron chi connectivity index (χ1n) is 28.6. The second-order valence-electron chi connectivity index (χ2n) is 21.0. The number of carboxylic acids is 4. The molecule has 92 heavy (non-hydrogen) atoms. The Balaban J connectivity index is 3.33. The molecule has 1 saturated heterocycles. The van der Waals surface area contributed by atoms with E-state index in [9.17, 15) is 112 Å². The fourth-order valence-corrected chi connectivity index (χ4v) is 8.58. The van der Waals surface area contributed by atoms with Gasteiger partial charge in [0.2, 0.25) is 76.8 Å². The number of nitrogens with one attached hydrogen (secondary N) is 10. The number of aliphatic imine (C=N–C) groups is 1. The number of carbonyl (C=O) groups excluding carboxylic acids is 13. The maximum absolute atomic E-state index is 14.2. The van der Waals surface area contributed by atoms with Crippen LogP contribution in [0, 0.1) is 0 Å². The average Bonchev–Trinajstić information content (AvgIpc) is 1.64. The number of amides is 13. The maximum atomic E-state index is 14.2. The van der Waals surface area contributed by atoms with Gasteiger partial charge in [0.15, 0.2) is 12.0 Å². The fourth-order valence-electron chi connectivity index (χ4n) is 8.58. The number of primary amides is 2. The molecule has 1 aliphatic rings. The molecule has 0 radical (unpaired) electrons. The number of nitrogens with two attached hydrogens (primary N) is 6. The molecule has 1 rings (SSSR count). The second-order valence-corrected chi connectivity index (χ2v) is 21.0. The Morgan fingerprint density at radius 2 is 1.04 bits per heavy atom. The lowest BCUT2D eigenvalue weighted by Crippen LogP contribution is -2.60. The van der Waals surface area contributed by atoms with Gasteiger partial charge in [0, 0.05) is 25.9 Å². The zero-order chi connectivity index (χ0) is 70.1. The highest BCUT2D eigenvalue weighted by molar-refractivity contribution is 6.00. The lowest BCUT2D eigenvalue weighted by Gasteiger charge is -2.30. The van der Waals surface area contributed by atoms with E-state index in [-0.39, 0.29) is 77.0 Å². The van der Waals surface area contributed by atoms with Gasteiger partial charge in [-0.05, 0) is 78.2 Å². The van der Waals surface area contributed by atoms with Crippen molar-refractivity contribution in [2.24, 2.45) is 39.4 Å². The van der Waals surface area contributed by atoms with Crippen LogP contribution in [0.3, 0.4) is 0 Å². The smallest absolute Gasteiger partial charge is 0.328 e. The number of unbranched alkanes of at least 4 members (excludes halogenated alkanes) is 1. The van der Waals surface area contributed by atoms with Crippen molar-refractivity contribution in [3.8, 4) is 0 Å². The molecule has 12 atom stereocenters. The van der Waals surface area contributed by atoms with Crippen LogP contribution < -0.4 is 87.6 Å². The van der Waals surface area contributed by atoms with E-state index in [2.05, 4.69) is 47.5 Å². The van der Waals surface area contributed by atoms with Crippen LogP contribution in [-0.2, 0) is 81.5 Å². The summed E-state index contributed by atoms with van der Waals surface area (Å²) in [5.74, 6) is -21.6. The highest BCUT2D eigenvalue weighted by Gasteiger charge is 2.41. The summed E-state index contributed by atoms with van der Waals surface area (Å²) in [6, 6.07) is -19.0. The Labute approximate surface area is 524 Å². The molecule has 0 spiro atoms. The first kappa shape index (κ1) is 80.1. The minimum atomic E-state index is -2.01. The van der Waals surface area contributed by atoms with Gasteiger partial charge in [-0.15, -0.1) is 0 Å². The van der Waals surface area contributed by atoms with E-state index in [1.165, 1.54) is 0 Å². The van der Waals surface area contributed by atoms with Crippen LogP contribution in [0.5, 0.6) is 0 Å². The van der Waals surface area contributed by atoms with Gasteiger partial charge in [-0.25, -0.2) is 4.79 Å². The fraction of sp³-hybridized carbons (Fsp3) is 0.647. The van der Waals surface area contributed by atoms with E-state index in [0.29, 0.717) is 6.42 Å². The molecule has 1 fully saturated rings. The van der Waals surface area contributed by atoms with Gasteiger partial charge in [0.25, 0.3) is 0 Å². The Morgan fingerprint density at radius 1 is 0.533 bits per heavy atom. The van der Waals surface area contributed by atoms with E-state index in [1.54, 1.807) is 0 Å². The van der Waals surface area contributed by atoms with Crippen molar-refractivity contribution in [2.75, 3.05) is 32.8 Å². The lowest BCUT2D eigenvalue weighted by atomic mass is 10.0. The lowest BCUT2D eigenvalue weighted by molar-refractivity contribution is -0.146. The highest BCUT2D eigenvalue weighted by Crippen LogP contribution is 2.21. The minimum absolute atomic E-state index is 0.0205. The summed E-state index contributed by atoms with van der Waals surface area (Å²) in [6.45, 7) is -0.248. The van der Waals surface area contributed by atoms with Crippen molar-refractivity contribution in [3.63, 3.8) is 0 Å². The molecular weight excluding hydrogens is 1230 g/mol.